The average molecular weight is 327 g/mol. The molecular formula is C15H23BrN2O. The van der Waals surface area contributed by atoms with Crippen LogP contribution in [0.3, 0.4) is 0 Å². The van der Waals surface area contributed by atoms with Crippen LogP contribution < -0.4 is 10.6 Å². The molecule has 0 aliphatic carbocycles. The molecule has 0 bridgehead atoms. The molecule has 2 unspecified atom stereocenters. The highest BCUT2D eigenvalue weighted by molar-refractivity contribution is 9.10. The van der Waals surface area contributed by atoms with Gasteiger partial charge in [0.2, 0.25) is 0 Å². The van der Waals surface area contributed by atoms with Gasteiger partial charge in [0.1, 0.15) is 0 Å². The van der Waals surface area contributed by atoms with E-state index in [1.807, 2.05) is 6.92 Å². The predicted octanol–water partition coefficient (Wildman–Crippen LogP) is 3.47. The highest BCUT2D eigenvalue weighted by Gasteiger charge is 2.32. The van der Waals surface area contributed by atoms with Crippen LogP contribution in [0.15, 0.2) is 22.7 Å². The minimum atomic E-state index is -0.114. The van der Waals surface area contributed by atoms with Crippen LogP contribution in [-0.2, 0) is 4.74 Å². The number of anilines is 1. The summed E-state index contributed by atoms with van der Waals surface area (Å²) in [4.78, 5) is 2.38. The van der Waals surface area contributed by atoms with Crippen molar-refractivity contribution in [3.63, 3.8) is 0 Å². The molecule has 0 spiro atoms. The summed E-state index contributed by atoms with van der Waals surface area (Å²) in [6.45, 7) is 10.2. The Balaban J connectivity index is 2.26. The molecule has 1 fully saturated rings. The van der Waals surface area contributed by atoms with Gasteiger partial charge in [-0.3, -0.25) is 0 Å². The topological polar surface area (TPSA) is 38.5 Å². The van der Waals surface area contributed by atoms with Crippen molar-refractivity contribution in [2.75, 3.05) is 18.0 Å². The van der Waals surface area contributed by atoms with Crippen molar-refractivity contribution in [2.45, 2.75) is 45.4 Å². The lowest BCUT2D eigenvalue weighted by Crippen LogP contribution is -2.52. The summed E-state index contributed by atoms with van der Waals surface area (Å²) in [5, 5.41) is 0. The molecule has 0 radical (unpaired) electrons. The van der Waals surface area contributed by atoms with Crippen LogP contribution in [0.2, 0.25) is 0 Å². The number of morpholine rings is 1. The molecule has 1 saturated heterocycles. The summed E-state index contributed by atoms with van der Waals surface area (Å²) >= 11 is 3.67. The number of nitrogens with two attached hydrogens (primary N) is 1. The maximum absolute atomic E-state index is 5.95. The minimum Gasteiger partial charge on any atom is -0.369 e. The molecule has 0 aromatic heterocycles. The Morgan fingerprint density at radius 3 is 2.68 bits per heavy atom. The standard InChI is InChI=1S/C15H23BrN2O/c1-10-8-18(9-15(3,4)19-10)14-6-5-12(11(2)17)7-13(14)16/h5-7,10-11H,8-9,17H2,1-4H3. The fourth-order valence-corrected chi connectivity index (χ4v) is 3.35. The van der Waals surface area contributed by atoms with Crippen LogP contribution in [0.5, 0.6) is 0 Å². The number of rotatable bonds is 2. The van der Waals surface area contributed by atoms with Gasteiger partial charge < -0.3 is 15.4 Å². The fourth-order valence-electron chi connectivity index (χ4n) is 2.70. The number of nitrogens with zero attached hydrogens (tertiary/aromatic N) is 1. The van der Waals surface area contributed by atoms with Gasteiger partial charge in [-0.2, -0.15) is 0 Å². The van der Waals surface area contributed by atoms with Crippen LogP contribution >= 0.6 is 15.9 Å². The van der Waals surface area contributed by atoms with E-state index in [1.165, 1.54) is 5.69 Å². The first-order chi connectivity index (χ1) is 8.78. The van der Waals surface area contributed by atoms with Crippen LogP contribution in [0.1, 0.15) is 39.3 Å². The lowest BCUT2D eigenvalue weighted by molar-refractivity contribution is -0.0750. The molecule has 2 N–H and O–H groups in total. The van der Waals surface area contributed by atoms with Gasteiger partial charge in [0.05, 0.1) is 17.4 Å². The van der Waals surface area contributed by atoms with Gasteiger partial charge in [-0.25, -0.2) is 0 Å². The van der Waals surface area contributed by atoms with Gasteiger partial charge in [0.15, 0.2) is 0 Å². The zero-order chi connectivity index (χ0) is 14.2. The Hall–Kier alpha value is -0.580. The molecule has 106 valence electrons. The molecule has 1 aliphatic rings. The van der Waals surface area contributed by atoms with Gasteiger partial charge in [-0.15, -0.1) is 0 Å². The average Bonchev–Trinajstić information content (AvgIpc) is 2.25. The summed E-state index contributed by atoms with van der Waals surface area (Å²) in [6.07, 6.45) is 0.240. The zero-order valence-corrected chi connectivity index (χ0v) is 13.7. The maximum atomic E-state index is 5.95. The number of benzene rings is 1. The van der Waals surface area contributed by atoms with E-state index in [2.05, 4.69) is 59.8 Å². The van der Waals surface area contributed by atoms with Crippen molar-refractivity contribution >= 4 is 21.6 Å². The third-order valence-electron chi connectivity index (χ3n) is 3.41. The first-order valence-electron chi connectivity index (χ1n) is 6.76. The summed E-state index contributed by atoms with van der Waals surface area (Å²) < 4.78 is 7.05. The third kappa shape index (κ3) is 3.50. The molecule has 1 heterocycles. The summed E-state index contributed by atoms with van der Waals surface area (Å²) in [5.41, 5.74) is 8.17. The monoisotopic (exact) mass is 326 g/mol. The molecule has 3 nitrogen and oxygen atoms in total. The first kappa shape index (κ1) is 14.8. The highest BCUT2D eigenvalue weighted by Crippen LogP contribution is 2.33. The summed E-state index contributed by atoms with van der Waals surface area (Å²) in [7, 11) is 0. The normalized spacial score (nSPS) is 24.3. The van der Waals surface area contributed by atoms with Gasteiger partial charge in [-0.1, -0.05) is 6.07 Å². The van der Waals surface area contributed by atoms with Crippen LogP contribution in [0.25, 0.3) is 0 Å². The lowest BCUT2D eigenvalue weighted by Gasteiger charge is -2.43. The largest absolute Gasteiger partial charge is 0.369 e. The van der Waals surface area contributed by atoms with Crippen molar-refractivity contribution in [3.05, 3.63) is 28.2 Å². The van der Waals surface area contributed by atoms with E-state index in [0.29, 0.717) is 0 Å². The minimum absolute atomic E-state index is 0.0606. The summed E-state index contributed by atoms with van der Waals surface area (Å²) in [5.74, 6) is 0. The number of hydrogen-bond acceptors (Lipinski definition) is 3. The lowest BCUT2D eigenvalue weighted by atomic mass is 10.0. The van der Waals surface area contributed by atoms with Gasteiger partial charge in [-0.05, 0) is 61.3 Å². The molecule has 0 amide bonds. The Kier molecular flexibility index (Phi) is 4.23. The van der Waals surface area contributed by atoms with Gasteiger partial charge >= 0.3 is 0 Å². The van der Waals surface area contributed by atoms with Crippen LogP contribution in [0, 0.1) is 0 Å². The molecule has 19 heavy (non-hydrogen) atoms. The van der Waals surface area contributed by atoms with Gasteiger partial charge in [0.25, 0.3) is 0 Å². The van der Waals surface area contributed by atoms with E-state index < -0.39 is 0 Å². The smallest absolute Gasteiger partial charge is 0.0805 e. The number of halogens is 1. The molecule has 1 aliphatic heterocycles. The molecule has 1 aromatic carbocycles. The fraction of sp³-hybridized carbons (Fsp3) is 0.600. The van der Waals surface area contributed by atoms with Crippen molar-refractivity contribution in [1.29, 1.82) is 0 Å². The van der Waals surface area contributed by atoms with E-state index in [4.69, 9.17) is 10.5 Å². The Morgan fingerprint density at radius 1 is 1.47 bits per heavy atom. The van der Waals surface area contributed by atoms with Crippen molar-refractivity contribution in [3.8, 4) is 0 Å². The highest BCUT2D eigenvalue weighted by atomic mass is 79.9. The van der Waals surface area contributed by atoms with Crippen molar-refractivity contribution in [2.24, 2.45) is 5.73 Å². The van der Waals surface area contributed by atoms with E-state index in [0.717, 1.165) is 23.1 Å². The first-order valence-corrected chi connectivity index (χ1v) is 7.55. The summed E-state index contributed by atoms with van der Waals surface area (Å²) in [6, 6.07) is 6.44. The van der Waals surface area contributed by atoms with Crippen molar-refractivity contribution < 1.29 is 4.74 Å². The number of hydrogen-bond donors (Lipinski definition) is 1. The number of ether oxygens (including phenoxy) is 1. The second-order valence-electron chi connectivity index (χ2n) is 6.07. The molecule has 1 aromatic rings. The van der Waals surface area contributed by atoms with E-state index in [1.54, 1.807) is 0 Å². The predicted molar refractivity (Wildman–Crippen MR) is 83.6 cm³/mol. The zero-order valence-electron chi connectivity index (χ0n) is 12.1. The van der Waals surface area contributed by atoms with Crippen molar-refractivity contribution in [1.82, 2.24) is 0 Å². The van der Waals surface area contributed by atoms with Gasteiger partial charge in [0, 0.05) is 23.6 Å². The second kappa shape index (κ2) is 5.43. The molecule has 4 heteroatoms. The quantitative estimate of drug-likeness (QED) is 0.904. The Labute approximate surface area is 124 Å². The van der Waals surface area contributed by atoms with Crippen LogP contribution in [0.4, 0.5) is 5.69 Å². The molecule has 0 saturated carbocycles. The Bertz CT molecular complexity index is 459. The molecular weight excluding hydrogens is 304 g/mol. The SMILES string of the molecule is CC1CN(c2ccc(C(C)N)cc2Br)CC(C)(C)O1. The molecule has 2 atom stereocenters. The Morgan fingerprint density at radius 2 is 2.16 bits per heavy atom. The van der Waals surface area contributed by atoms with E-state index in [9.17, 15) is 0 Å². The molecule has 2 rings (SSSR count). The third-order valence-corrected chi connectivity index (χ3v) is 4.04. The second-order valence-corrected chi connectivity index (χ2v) is 6.92. The van der Waals surface area contributed by atoms with E-state index in [-0.39, 0.29) is 17.7 Å². The van der Waals surface area contributed by atoms with E-state index >= 15 is 0 Å². The maximum Gasteiger partial charge on any atom is 0.0805 e. The van der Waals surface area contributed by atoms with Crippen LogP contribution in [-0.4, -0.2) is 24.8 Å².